The molecule has 0 amide bonds. The molecule has 0 bridgehead atoms. The summed E-state index contributed by atoms with van der Waals surface area (Å²) in [5.41, 5.74) is 0.206. The van der Waals surface area contributed by atoms with Gasteiger partial charge in [-0.25, -0.2) is 18.4 Å². The van der Waals surface area contributed by atoms with Gasteiger partial charge < -0.3 is 4.74 Å². The van der Waals surface area contributed by atoms with E-state index in [9.17, 15) is 13.2 Å². The van der Waals surface area contributed by atoms with Crippen molar-refractivity contribution in [3.05, 3.63) is 29.8 Å². The first-order chi connectivity index (χ1) is 8.47. The molecule has 0 spiro atoms. The number of esters is 1. The maximum absolute atomic E-state index is 11.7. The smallest absolute Gasteiger partial charge is 0.338 e. The van der Waals surface area contributed by atoms with E-state index in [1.165, 1.54) is 37.1 Å². The lowest BCUT2D eigenvalue weighted by Crippen LogP contribution is -2.13. The van der Waals surface area contributed by atoms with Gasteiger partial charge in [0.15, 0.2) is 0 Å². The first-order valence-electron chi connectivity index (χ1n) is 5.77. The number of primary sulfonamides is 1. The summed E-state index contributed by atoms with van der Waals surface area (Å²) in [4.78, 5) is 11.6. The highest BCUT2D eigenvalue weighted by molar-refractivity contribution is 7.89. The summed E-state index contributed by atoms with van der Waals surface area (Å²) in [5, 5.41) is 4.99. The number of carbonyl (C=O) groups excluding carboxylic acids is 1. The Kier molecular flexibility index (Phi) is 3.68. The Labute approximate surface area is 106 Å². The second-order valence-corrected chi connectivity index (χ2v) is 6.00. The number of sulfonamides is 1. The van der Waals surface area contributed by atoms with Crippen molar-refractivity contribution in [1.82, 2.24) is 0 Å². The molecular formula is C12H15NO4S. The first kappa shape index (κ1) is 13.0. The van der Waals surface area contributed by atoms with E-state index in [4.69, 9.17) is 9.88 Å². The van der Waals surface area contributed by atoms with Crippen LogP contribution in [0.1, 0.15) is 29.6 Å². The monoisotopic (exact) mass is 269 g/mol. The van der Waals surface area contributed by atoms with Gasteiger partial charge >= 0.3 is 5.97 Å². The zero-order valence-corrected chi connectivity index (χ0v) is 10.7. The maximum Gasteiger partial charge on any atom is 0.338 e. The molecule has 0 aromatic heterocycles. The van der Waals surface area contributed by atoms with Crippen molar-refractivity contribution in [3.8, 4) is 0 Å². The van der Waals surface area contributed by atoms with E-state index >= 15 is 0 Å². The van der Waals surface area contributed by atoms with Crippen LogP contribution in [0.15, 0.2) is 29.2 Å². The minimum atomic E-state index is -3.79. The molecule has 1 saturated carbocycles. The van der Waals surface area contributed by atoms with Gasteiger partial charge in [-0.05, 0) is 30.5 Å². The topological polar surface area (TPSA) is 86.5 Å². The summed E-state index contributed by atoms with van der Waals surface area (Å²) < 4.78 is 27.4. The Hall–Kier alpha value is -1.40. The number of hydrogen-bond acceptors (Lipinski definition) is 4. The fourth-order valence-corrected chi connectivity index (χ4v) is 2.17. The van der Waals surface area contributed by atoms with E-state index in [1.807, 2.05) is 0 Å². The van der Waals surface area contributed by atoms with Crippen LogP contribution in [-0.4, -0.2) is 21.0 Å². The van der Waals surface area contributed by atoms with Crippen LogP contribution in [0, 0.1) is 5.92 Å². The lowest BCUT2D eigenvalue weighted by atomic mass is 10.2. The number of carbonyl (C=O) groups is 1. The molecule has 18 heavy (non-hydrogen) atoms. The van der Waals surface area contributed by atoms with Crippen LogP contribution in [-0.2, 0) is 14.8 Å². The van der Waals surface area contributed by atoms with Crippen molar-refractivity contribution in [2.24, 2.45) is 11.1 Å². The van der Waals surface area contributed by atoms with Crippen molar-refractivity contribution in [2.75, 3.05) is 6.61 Å². The van der Waals surface area contributed by atoms with Gasteiger partial charge in [0.25, 0.3) is 0 Å². The van der Waals surface area contributed by atoms with E-state index in [0.717, 1.165) is 6.42 Å². The number of nitrogens with two attached hydrogens (primary N) is 1. The van der Waals surface area contributed by atoms with Gasteiger partial charge in [-0.3, -0.25) is 0 Å². The Morgan fingerprint density at radius 3 is 2.72 bits per heavy atom. The highest BCUT2D eigenvalue weighted by Gasteiger charge is 2.21. The summed E-state index contributed by atoms with van der Waals surface area (Å²) in [6, 6.07) is 5.55. The average Bonchev–Trinajstić information content (AvgIpc) is 3.12. The second-order valence-electron chi connectivity index (χ2n) is 4.44. The highest BCUT2D eigenvalue weighted by Crippen LogP contribution is 2.32. The molecule has 0 unspecified atom stereocenters. The summed E-state index contributed by atoms with van der Waals surface area (Å²) in [6.07, 6.45) is 3.29. The summed E-state index contributed by atoms with van der Waals surface area (Å²) in [5.74, 6) is 0.176. The third kappa shape index (κ3) is 3.54. The fraction of sp³-hybridized carbons (Fsp3) is 0.417. The molecule has 1 aliphatic carbocycles. The fourth-order valence-electron chi connectivity index (χ4n) is 1.61. The van der Waals surface area contributed by atoms with Crippen LogP contribution in [0.3, 0.4) is 0 Å². The number of benzene rings is 1. The van der Waals surface area contributed by atoms with Gasteiger partial charge in [0.1, 0.15) is 0 Å². The van der Waals surface area contributed by atoms with Gasteiger partial charge in [0.2, 0.25) is 10.0 Å². The third-order valence-corrected chi connectivity index (χ3v) is 3.77. The van der Waals surface area contributed by atoms with Gasteiger partial charge in [-0.1, -0.05) is 18.9 Å². The predicted molar refractivity (Wildman–Crippen MR) is 65.4 cm³/mol. The van der Waals surface area contributed by atoms with Crippen LogP contribution < -0.4 is 5.14 Å². The van der Waals surface area contributed by atoms with E-state index in [1.54, 1.807) is 0 Å². The maximum atomic E-state index is 11.7. The normalized spacial score (nSPS) is 15.4. The van der Waals surface area contributed by atoms with Gasteiger partial charge in [-0.2, -0.15) is 0 Å². The molecule has 98 valence electrons. The van der Waals surface area contributed by atoms with Crippen molar-refractivity contribution in [2.45, 2.75) is 24.2 Å². The highest BCUT2D eigenvalue weighted by atomic mass is 32.2. The lowest BCUT2D eigenvalue weighted by Gasteiger charge is -2.05. The van der Waals surface area contributed by atoms with Crippen molar-refractivity contribution in [3.63, 3.8) is 0 Å². The predicted octanol–water partition coefficient (Wildman–Crippen LogP) is 1.29. The zero-order valence-electron chi connectivity index (χ0n) is 9.83. The molecule has 1 aromatic rings. The standard InChI is InChI=1S/C12H15NO4S/c13-18(15,16)11-3-1-2-10(8-11)12(14)17-7-6-9-4-5-9/h1-3,8-9H,4-7H2,(H2,13,15,16). The van der Waals surface area contributed by atoms with E-state index < -0.39 is 16.0 Å². The second kappa shape index (κ2) is 5.07. The van der Waals surface area contributed by atoms with E-state index in [2.05, 4.69) is 0 Å². The number of rotatable bonds is 5. The van der Waals surface area contributed by atoms with Crippen molar-refractivity contribution >= 4 is 16.0 Å². The lowest BCUT2D eigenvalue weighted by molar-refractivity contribution is 0.0494. The van der Waals surface area contributed by atoms with Gasteiger partial charge in [0, 0.05) is 0 Å². The molecule has 1 aliphatic rings. The first-order valence-corrected chi connectivity index (χ1v) is 7.31. The van der Waals surface area contributed by atoms with Gasteiger partial charge in [-0.15, -0.1) is 0 Å². The average molecular weight is 269 g/mol. The summed E-state index contributed by atoms with van der Waals surface area (Å²) in [6.45, 7) is 0.378. The molecule has 1 aromatic carbocycles. The Morgan fingerprint density at radius 1 is 1.39 bits per heavy atom. The number of hydrogen-bond donors (Lipinski definition) is 1. The zero-order chi connectivity index (χ0) is 13.2. The van der Waals surface area contributed by atoms with Crippen LogP contribution in [0.2, 0.25) is 0 Å². The van der Waals surface area contributed by atoms with Crippen LogP contribution >= 0.6 is 0 Å². The quantitative estimate of drug-likeness (QED) is 0.816. The Bertz CT molecular complexity index is 549. The molecule has 1 fully saturated rings. The third-order valence-electron chi connectivity index (χ3n) is 2.85. The molecule has 2 N–H and O–H groups in total. The molecular weight excluding hydrogens is 254 g/mol. The molecule has 0 radical (unpaired) electrons. The molecule has 0 aliphatic heterocycles. The molecule has 0 heterocycles. The molecule has 6 heteroatoms. The minimum absolute atomic E-state index is 0.0841. The SMILES string of the molecule is NS(=O)(=O)c1cccc(C(=O)OCCC2CC2)c1. The van der Waals surface area contributed by atoms with Crippen molar-refractivity contribution < 1.29 is 17.9 Å². The Balaban J connectivity index is 2.00. The Morgan fingerprint density at radius 2 is 2.11 bits per heavy atom. The van der Waals surface area contributed by atoms with E-state index in [-0.39, 0.29) is 10.5 Å². The largest absolute Gasteiger partial charge is 0.462 e. The number of ether oxygens (including phenoxy) is 1. The van der Waals surface area contributed by atoms with Crippen molar-refractivity contribution in [1.29, 1.82) is 0 Å². The molecule has 2 rings (SSSR count). The summed E-state index contributed by atoms with van der Waals surface area (Å²) >= 11 is 0. The van der Waals surface area contributed by atoms with Crippen LogP contribution in [0.25, 0.3) is 0 Å². The van der Waals surface area contributed by atoms with Gasteiger partial charge in [0.05, 0.1) is 17.1 Å². The minimum Gasteiger partial charge on any atom is -0.462 e. The van der Waals surface area contributed by atoms with Crippen LogP contribution in [0.5, 0.6) is 0 Å². The summed E-state index contributed by atoms with van der Waals surface area (Å²) in [7, 11) is -3.79. The van der Waals surface area contributed by atoms with E-state index in [0.29, 0.717) is 12.5 Å². The molecule has 5 nitrogen and oxygen atoms in total. The molecule has 0 atom stereocenters. The van der Waals surface area contributed by atoms with Crippen LogP contribution in [0.4, 0.5) is 0 Å². The molecule has 0 saturated heterocycles.